The summed E-state index contributed by atoms with van der Waals surface area (Å²) in [5.74, 6) is 0.110. The van der Waals surface area contributed by atoms with E-state index in [1.54, 1.807) is 13.1 Å². The molecule has 3 N–H and O–H groups in total. The maximum Gasteiger partial charge on any atom is 0.259 e. The largest absolute Gasteiger partial charge is 0.382 e. The van der Waals surface area contributed by atoms with Crippen LogP contribution in [-0.2, 0) is 7.05 Å². The molecule has 2 aromatic heterocycles. The van der Waals surface area contributed by atoms with Gasteiger partial charge in [0.05, 0.1) is 10.0 Å². The molecule has 0 atom stereocenters. The van der Waals surface area contributed by atoms with Crippen molar-refractivity contribution in [1.29, 1.82) is 0 Å². The van der Waals surface area contributed by atoms with Crippen molar-refractivity contribution in [2.45, 2.75) is 19.3 Å². The molecule has 34 heavy (non-hydrogen) atoms. The summed E-state index contributed by atoms with van der Waals surface area (Å²) in [4.78, 5) is 23.5. The molecule has 1 saturated heterocycles. The highest BCUT2D eigenvalue weighted by atomic mass is 79.9. The number of pyridine rings is 1. The molecule has 8 nitrogen and oxygen atoms in total. The Hall–Kier alpha value is -3.27. The number of aryl methyl sites for hydroxylation is 1. The first-order valence-corrected chi connectivity index (χ1v) is 12.0. The fraction of sp³-hybridized carbons (Fsp3) is 0.333. The van der Waals surface area contributed by atoms with Gasteiger partial charge in [-0.25, -0.2) is 4.39 Å². The van der Waals surface area contributed by atoms with Gasteiger partial charge < -0.3 is 16.0 Å². The minimum absolute atomic E-state index is 0.0474. The number of rotatable bonds is 7. The summed E-state index contributed by atoms with van der Waals surface area (Å²) < 4.78 is 15.9. The second-order valence-electron chi connectivity index (χ2n) is 8.26. The molecule has 4 rings (SSSR count). The van der Waals surface area contributed by atoms with Crippen LogP contribution in [0.5, 0.6) is 0 Å². The Morgan fingerprint density at radius 1 is 1.24 bits per heavy atom. The van der Waals surface area contributed by atoms with Crippen molar-refractivity contribution in [1.82, 2.24) is 14.8 Å². The number of aromatic nitrogens is 3. The highest BCUT2D eigenvalue weighted by Crippen LogP contribution is 2.27. The molecule has 1 aliphatic rings. The molecule has 1 fully saturated rings. The van der Waals surface area contributed by atoms with Crippen LogP contribution in [0.25, 0.3) is 0 Å². The van der Waals surface area contributed by atoms with Crippen molar-refractivity contribution in [2.75, 3.05) is 29.9 Å². The van der Waals surface area contributed by atoms with Crippen molar-refractivity contribution in [3.63, 3.8) is 0 Å². The number of benzene rings is 1. The smallest absolute Gasteiger partial charge is 0.259 e. The first-order chi connectivity index (χ1) is 16.4. The summed E-state index contributed by atoms with van der Waals surface area (Å²) >= 11 is 3.46. The number of carbonyl (C=O) groups excluding carboxylic acids is 1. The predicted octanol–water partition coefficient (Wildman–Crippen LogP) is 3.98. The Balaban J connectivity index is 1.33. The molecule has 3 heterocycles. The fourth-order valence-corrected chi connectivity index (χ4v) is 4.73. The average Bonchev–Trinajstić information content (AvgIpc) is 3.13. The van der Waals surface area contributed by atoms with Gasteiger partial charge in [0, 0.05) is 44.8 Å². The topological polar surface area (TPSA) is 101 Å². The van der Waals surface area contributed by atoms with E-state index in [0.29, 0.717) is 34.3 Å². The van der Waals surface area contributed by atoms with Gasteiger partial charge >= 0.3 is 0 Å². The number of anilines is 2. The maximum atomic E-state index is 13.9. The van der Waals surface area contributed by atoms with Crippen molar-refractivity contribution < 1.29 is 9.18 Å². The van der Waals surface area contributed by atoms with Crippen LogP contribution in [0.15, 0.2) is 58.3 Å². The van der Waals surface area contributed by atoms with Crippen LogP contribution in [0.4, 0.5) is 15.9 Å². The number of nitrogens with one attached hydrogen (secondary N) is 1. The van der Waals surface area contributed by atoms with E-state index in [1.165, 1.54) is 28.6 Å². The van der Waals surface area contributed by atoms with Crippen LogP contribution in [0.3, 0.4) is 0 Å². The van der Waals surface area contributed by atoms with E-state index in [9.17, 15) is 9.18 Å². The zero-order chi connectivity index (χ0) is 24.1. The molecular weight excluding hydrogens is 501 g/mol. The zero-order valence-corrected chi connectivity index (χ0v) is 20.5. The van der Waals surface area contributed by atoms with Gasteiger partial charge in [-0.2, -0.15) is 5.10 Å². The van der Waals surface area contributed by atoms with E-state index in [0.717, 1.165) is 32.4 Å². The molecule has 0 spiro atoms. The molecule has 10 heteroatoms. The second-order valence-corrected chi connectivity index (χ2v) is 9.05. The number of hydrogen-bond acceptors (Lipinski definition) is 5. The first-order valence-electron chi connectivity index (χ1n) is 11.2. The summed E-state index contributed by atoms with van der Waals surface area (Å²) in [6.45, 7) is 2.64. The van der Waals surface area contributed by atoms with Crippen LogP contribution < -0.4 is 16.0 Å². The minimum atomic E-state index is -0.591. The maximum absolute atomic E-state index is 13.9. The van der Waals surface area contributed by atoms with Gasteiger partial charge in [-0.3, -0.25) is 19.5 Å². The van der Waals surface area contributed by atoms with Gasteiger partial charge in [0.25, 0.3) is 5.91 Å². The molecule has 0 unspecified atom stereocenters. The molecular formula is C24H27BrFN7O. The Kier molecular flexibility index (Phi) is 7.56. The number of aliphatic imine (C=N–C) groups is 1. The Bertz CT molecular complexity index is 1170. The molecule has 1 aliphatic heterocycles. The summed E-state index contributed by atoms with van der Waals surface area (Å²) in [5.41, 5.74) is 7.83. The average molecular weight is 528 g/mol. The predicted molar refractivity (Wildman–Crippen MR) is 135 cm³/mol. The van der Waals surface area contributed by atoms with Gasteiger partial charge in [0.1, 0.15) is 23.2 Å². The lowest BCUT2D eigenvalue weighted by atomic mass is 9.93. The summed E-state index contributed by atoms with van der Waals surface area (Å²) in [5, 5.41) is 7.07. The third kappa shape index (κ3) is 5.44. The van der Waals surface area contributed by atoms with E-state index in [1.807, 2.05) is 24.5 Å². The molecule has 0 bridgehead atoms. The van der Waals surface area contributed by atoms with E-state index >= 15 is 0 Å². The number of amidine groups is 1. The lowest BCUT2D eigenvalue weighted by Crippen LogP contribution is -2.33. The highest BCUT2D eigenvalue weighted by Gasteiger charge is 2.22. The fourth-order valence-electron chi connectivity index (χ4n) is 4.09. The number of hydrogen-bond donors (Lipinski definition) is 2. The van der Waals surface area contributed by atoms with Crippen molar-refractivity contribution in [3.05, 3.63) is 70.3 Å². The van der Waals surface area contributed by atoms with Crippen LogP contribution in [0.1, 0.15) is 35.3 Å². The molecule has 0 saturated carbocycles. The van der Waals surface area contributed by atoms with Crippen LogP contribution in [-0.4, -0.2) is 46.1 Å². The molecule has 3 aromatic rings. The van der Waals surface area contributed by atoms with E-state index in [-0.39, 0.29) is 5.56 Å². The summed E-state index contributed by atoms with van der Waals surface area (Å²) in [7, 11) is 1.68. The number of nitrogens with two attached hydrogens (primary N) is 1. The number of halogens is 2. The van der Waals surface area contributed by atoms with Gasteiger partial charge in [0.2, 0.25) is 0 Å². The minimum Gasteiger partial charge on any atom is -0.382 e. The van der Waals surface area contributed by atoms with E-state index in [2.05, 4.69) is 41.2 Å². The lowest BCUT2D eigenvalue weighted by molar-refractivity contribution is 0.102. The van der Waals surface area contributed by atoms with Crippen LogP contribution >= 0.6 is 15.9 Å². The Morgan fingerprint density at radius 2 is 1.94 bits per heavy atom. The highest BCUT2D eigenvalue weighted by molar-refractivity contribution is 9.10. The first kappa shape index (κ1) is 23.9. The molecule has 1 aromatic carbocycles. The summed E-state index contributed by atoms with van der Waals surface area (Å²) in [6.07, 6.45) is 6.82. The van der Waals surface area contributed by atoms with Gasteiger partial charge in [-0.1, -0.05) is 12.1 Å². The van der Waals surface area contributed by atoms with Crippen LogP contribution in [0, 0.1) is 11.7 Å². The molecule has 0 aliphatic carbocycles. The van der Waals surface area contributed by atoms with Crippen molar-refractivity contribution in [3.8, 4) is 0 Å². The summed E-state index contributed by atoms with van der Waals surface area (Å²) in [6, 6.07) is 9.90. The lowest BCUT2D eigenvalue weighted by Gasteiger charge is -2.33. The number of amides is 1. The molecule has 1 amide bonds. The SMILES string of the molecule is Cn1nc(C(N)=NCCC2CCN(c3ccncc3)CC2)c(Br)c1NC(=O)c1ccccc1F. The third-order valence-corrected chi connectivity index (χ3v) is 6.80. The van der Waals surface area contributed by atoms with E-state index in [4.69, 9.17) is 5.73 Å². The van der Waals surface area contributed by atoms with Gasteiger partial charge in [-0.15, -0.1) is 0 Å². The zero-order valence-electron chi connectivity index (χ0n) is 18.9. The normalized spacial score (nSPS) is 14.9. The molecule has 0 radical (unpaired) electrons. The molecule has 178 valence electrons. The quantitative estimate of drug-likeness (QED) is 0.357. The van der Waals surface area contributed by atoms with Crippen molar-refractivity contribution in [2.24, 2.45) is 23.7 Å². The standard InChI is InChI=1S/C24H27BrFN7O/c1-32-23(30-24(34)18-4-2-3-5-19(18)26)20(25)21(31-32)22(27)29-13-6-16-9-14-33(15-10-16)17-7-11-28-12-8-17/h2-5,7-8,11-12,16H,6,9-10,13-15H2,1H3,(H2,27,29)(H,30,34). The van der Waals surface area contributed by atoms with Gasteiger partial charge in [0.15, 0.2) is 0 Å². The van der Waals surface area contributed by atoms with Crippen LogP contribution in [0.2, 0.25) is 0 Å². The monoisotopic (exact) mass is 527 g/mol. The Labute approximate surface area is 206 Å². The second kappa shape index (κ2) is 10.8. The van der Waals surface area contributed by atoms with Crippen molar-refractivity contribution >= 4 is 39.2 Å². The number of piperidine rings is 1. The van der Waals surface area contributed by atoms with Gasteiger partial charge in [-0.05, 0) is 65.4 Å². The number of carbonyl (C=O) groups is 1. The van der Waals surface area contributed by atoms with E-state index < -0.39 is 11.7 Å². The number of nitrogens with zero attached hydrogens (tertiary/aromatic N) is 5. The Morgan fingerprint density at radius 3 is 2.65 bits per heavy atom. The third-order valence-electron chi connectivity index (χ3n) is 6.04.